The van der Waals surface area contributed by atoms with Crippen LogP contribution in [0.2, 0.25) is 0 Å². The van der Waals surface area contributed by atoms with E-state index in [1.165, 1.54) is 24.2 Å². The van der Waals surface area contributed by atoms with Gasteiger partial charge in [0, 0.05) is 6.04 Å². The van der Waals surface area contributed by atoms with Crippen LogP contribution in [0.1, 0.15) is 19.3 Å². The summed E-state index contributed by atoms with van der Waals surface area (Å²) in [4.78, 5) is 0. The van der Waals surface area contributed by atoms with E-state index in [4.69, 9.17) is 0 Å². The molecule has 1 aromatic heterocycles. The van der Waals surface area contributed by atoms with E-state index in [2.05, 4.69) is 5.32 Å². The number of hydrogen-bond acceptors (Lipinski definition) is 4. The molecule has 0 aromatic carbocycles. The average Bonchev–Trinajstić information content (AvgIpc) is 2.83. The average molecular weight is 245 g/mol. The zero-order valence-corrected chi connectivity index (χ0v) is 10.1. The molecule has 2 rings (SSSR count). The maximum absolute atomic E-state index is 11.7. The third-order valence-electron chi connectivity index (χ3n) is 2.40. The lowest BCUT2D eigenvalue weighted by atomic mass is 10.5. The predicted molar refractivity (Wildman–Crippen MR) is 62.0 cm³/mol. The lowest BCUT2D eigenvalue weighted by Gasteiger charge is -2.02. The fourth-order valence-electron chi connectivity index (χ4n) is 1.40. The van der Waals surface area contributed by atoms with E-state index in [1.807, 2.05) is 0 Å². The number of nitrogens with one attached hydrogen (secondary N) is 1. The first-order valence-corrected chi connectivity index (χ1v) is 7.71. The van der Waals surface area contributed by atoms with Crippen molar-refractivity contribution in [2.24, 2.45) is 0 Å². The Morgan fingerprint density at radius 3 is 2.87 bits per heavy atom. The first-order valence-electron chi connectivity index (χ1n) is 5.18. The maximum atomic E-state index is 11.7. The Morgan fingerprint density at radius 1 is 1.47 bits per heavy atom. The van der Waals surface area contributed by atoms with Gasteiger partial charge in [0.2, 0.25) is 0 Å². The second-order valence-corrected chi connectivity index (χ2v) is 7.12. The third kappa shape index (κ3) is 3.29. The fraction of sp³-hybridized carbons (Fsp3) is 0.600. The molecule has 0 aliphatic heterocycles. The van der Waals surface area contributed by atoms with Gasteiger partial charge in [0.25, 0.3) is 0 Å². The normalized spacial score (nSPS) is 16.8. The van der Waals surface area contributed by atoms with Crippen molar-refractivity contribution in [3.63, 3.8) is 0 Å². The summed E-state index contributed by atoms with van der Waals surface area (Å²) in [6.07, 6.45) is 3.20. The summed E-state index contributed by atoms with van der Waals surface area (Å²) < 4.78 is 24.0. The van der Waals surface area contributed by atoms with Gasteiger partial charge < -0.3 is 5.32 Å². The predicted octanol–water partition coefficient (Wildman–Crippen LogP) is 1.66. The van der Waals surface area contributed by atoms with Crippen LogP contribution in [0.15, 0.2) is 21.7 Å². The number of rotatable bonds is 6. The minimum absolute atomic E-state index is 0.257. The molecule has 1 aromatic rings. The van der Waals surface area contributed by atoms with Gasteiger partial charge in [-0.3, -0.25) is 0 Å². The summed E-state index contributed by atoms with van der Waals surface area (Å²) >= 11 is 1.30. The van der Waals surface area contributed by atoms with E-state index in [1.54, 1.807) is 17.5 Å². The van der Waals surface area contributed by atoms with Crippen LogP contribution in [0.4, 0.5) is 0 Å². The monoisotopic (exact) mass is 245 g/mol. The summed E-state index contributed by atoms with van der Waals surface area (Å²) in [5.74, 6) is 0.257. The number of thiophene rings is 1. The molecule has 1 saturated carbocycles. The Bertz CT molecular complexity index is 393. The smallest absolute Gasteiger partial charge is 0.187 e. The van der Waals surface area contributed by atoms with Crippen LogP contribution in [0.25, 0.3) is 0 Å². The molecule has 1 N–H and O–H groups in total. The van der Waals surface area contributed by atoms with Crippen LogP contribution in [-0.4, -0.2) is 26.8 Å². The summed E-state index contributed by atoms with van der Waals surface area (Å²) in [5.41, 5.74) is 0. The summed E-state index contributed by atoms with van der Waals surface area (Å²) in [7, 11) is -3.02. The highest BCUT2D eigenvalue weighted by atomic mass is 32.2. The standard InChI is InChI=1S/C10H15NO2S2/c12-15(13,10-3-1-7-14-10)8-2-6-11-9-4-5-9/h1,3,7,9,11H,2,4-6,8H2. The minimum Gasteiger partial charge on any atom is -0.314 e. The van der Waals surface area contributed by atoms with Crippen molar-refractivity contribution in [2.75, 3.05) is 12.3 Å². The van der Waals surface area contributed by atoms with E-state index in [0.29, 0.717) is 16.7 Å². The molecule has 0 amide bonds. The molecule has 0 spiro atoms. The van der Waals surface area contributed by atoms with Gasteiger partial charge in [-0.05, 0) is 37.3 Å². The van der Waals surface area contributed by atoms with Crippen LogP contribution in [0, 0.1) is 0 Å². The van der Waals surface area contributed by atoms with E-state index in [0.717, 1.165) is 6.54 Å². The Hall–Kier alpha value is -0.390. The topological polar surface area (TPSA) is 46.2 Å². The van der Waals surface area contributed by atoms with Gasteiger partial charge in [0.1, 0.15) is 4.21 Å². The fourth-order valence-corrected chi connectivity index (χ4v) is 3.86. The van der Waals surface area contributed by atoms with E-state index in [9.17, 15) is 8.42 Å². The summed E-state index contributed by atoms with van der Waals surface area (Å²) in [6, 6.07) is 4.11. The van der Waals surface area contributed by atoms with Gasteiger partial charge in [0.05, 0.1) is 5.75 Å². The minimum atomic E-state index is -3.02. The first-order chi connectivity index (χ1) is 7.18. The van der Waals surface area contributed by atoms with Gasteiger partial charge in [-0.15, -0.1) is 11.3 Å². The maximum Gasteiger partial charge on any atom is 0.187 e. The summed E-state index contributed by atoms with van der Waals surface area (Å²) in [6.45, 7) is 0.815. The van der Waals surface area contributed by atoms with Gasteiger partial charge in [-0.2, -0.15) is 0 Å². The van der Waals surface area contributed by atoms with Crippen molar-refractivity contribution in [2.45, 2.75) is 29.5 Å². The van der Waals surface area contributed by atoms with Crippen molar-refractivity contribution in [1.82, 2.24) is 5.32 Å². The molecule has 15 heavy (non-hydrogen) atoms. The molecule has 84 valence electrons. The van der Waals surface area contributed by atoms with Gasteiger partial charge >= 0.3 is 0 Å². The van der Waals surface area contributed by atoms with Crippen LogP contribution < -0.4 is 5.32 Å². The van der Waals surface area contributed by atoms with Crippen molar-refractivity contribution in [1.29, 1.82) is 0 Å². The molecule has 1 aliphatic carbocycles. The highest BCUT2D eigenvalue weighted by Crippen LogP contribution is 2.19. The Labute approximate surface area is 94.4 Å². The van der Waals surface area contributed by atoms with Crippen molar-refractivity contribution in [3.8, 4) is 0 Å². The zero-order valence-electron chi connectivity index (χ0n) is 8.48. The highest BCUT2D eigenvalue weighted by molar-refractivity contribution is 7.93. The Kier molecular flexibility index (Phi) is 3.43. The lowest BCUT2D eigenvalue weighted by Crippen LogP contribution is -2.20. The molecule has 0 radical (unpaired) electrons. The van der Waals surface area contributed by atoms with Crippen molar-refractivity contribution >= 4 is 21.2 Å². The second kappa shape index (κ2) is 4.63. The number of hydrogen-bond donors (Lipinski definition) is 1. The van der Waals surface area contributed by atoms with E-state index >= 15 is 0 Å². The van der Waals surface area contributed by atoms with Gasteiger partial charge in [-0.25, -0.2) is 8.42 Å². The molecule has 1 heterocycles. The first kappa shape index (κ1) is 11.1. The largest absolute Gasteiger partial charge is 0.314 e. The van der Waals surface area contributed by atoms with Gasteiger partial charge in [0.15, 0.2) is 9.84 Å². The molecule has 5 heteroatoms. The Balaban J connectivity index is 1.77. The molecule has 0 atom stereocenters. The van der Waals surface area contributed by atoms with Crippen LogP contribution in [-0.2, 0) is 9.84 Å². The highest BCUT2D eigenvalue weighted by Gasteiger charge is 2.20. The lowest BCUT2D eigenvalue weighted by molar-refractivity contribution is 0.590. The zero-order chi connectivity index (χ0) is 10.7. The second-order valence-electron chi connectivity index (χ2n) is 3.83. The van der Waals surface area contributed by atoms with Crippen molar-refractivity contribution in [3.05, 3.63) is 17.5 Å². The van der Waals surface area contributed by atoms with Crippen LogP contribution in [0.5, 0.6) is 0 Å². The van der Waals surface area contributed by atoms with Crippen LogP contribution in [0.3, 0.4) is 0 Å². The molecule has 1 fully saturated rings. The SMILES string of the molecule is O=S(=O)(CCCNC1CC1)c1cccs1. The van der Waals surface area contributed by atoms with Crippen molar-refractivity contribution < 1.29 is 8.42 Å². The number of sulfone groups is 1. The third-order valence-corrected chi connectivity index (χ3v) is 5.69. The Morgan fingerprint density at radius 2 is 2.27 bits per heavy atom. The molecular weight excluding hydrogens is 230 g/mol. The molecule has 0 unspecified atom stereocenters. The summed E-state index contributed by atoms with van der Waals surface area (Å²) in [5, 5.41) is 5.11. The quantitative estimate of drug-likeness (QED) is 0.775. The molecule has 0 saturated heterocycles. The molecule has 1 aliphatic rings. The molecule has 3 nitrogen and oxygen atoms in total. The van der Waals surface area contributed by atoms with E-state index in [-0.39, 0.29) is 5.75 Å². The van der Waals surface area contributed by atoms with E-state index < -0.39 is 9.84 Å². The van der Waals surface area contributed by atoms with Crippen LogP contribution >= 0.6 is 11.3 Å². The molecular formula is C10H15NO2S2. The van der Waals surface area contributed by atoms with Gasteiger partial charge in [-0.1, -0.05) is 6.07 Å². The molecule has 0 bridgehead atoms.